The highest BCUT2D eigenvalue weighted by atomic mass is 35.5. The van der Waals surface area contributed by atoms with Crippen molar-refractivity contribution in [2.24, 2.45) is 0 Å². The lowest BCUT2D eigenvalue weighted by atomic mass is 10.1. The van der Waals surface area contributed by atoms with Crippen LogP contribution < -0.4 is 5.32 Å². The summed E-state index contributed by atoms with van der Waals surface area (Å²) in [6.07, 6.45) is -4.70. The van der Waals surface area contributed by atoms with Crippen LogP contribution in [0.2, 0.25) is 5.02 Å². The summed E-state index contributed by atoms with van der Waals surface area (Å²) in [7, 11) is 0. The smallest absolute Gasteiger partial charge is 0.333 e. The van der Waals surface area contributed by atoms with E-state index in [0.29, 0.717) is 0 Å². The number of carbonyl (C=O) groups excluding carboxylic acids is 1. The number of H-pyrrole nitrogens is 1. The predicted molar refractivity (Wildman–Crippen MR) is 96.4 cm³/mol. The first-order chi connectivity index (χ1) is 13.0. The molecule has 2 aromatic carbocycles. The number of amides is 1. The molecule has 2 N–H and O–H groups in total. The van der Waals surface area contributed by atoms with Crippen molar-refractivity contribution in [3.05, 3.63) is 52.6 Å². The van der Waals surface area contributed by atoms with Crippen molar-refractivity contribution < 1.29 is 26.7 Å². The van der Waals surface area contributed by atoms with Gasteiger partial charge in [-0.2, -0.15) is 13.2 Å². The molecule has 4 nitrogen and oxygen atoms in total. The second kappa shape index (κ2) is 7.59. The van der Waals surface area contributed by atoms with E-state index in [2.05, 4.69) is 15.3 Å². The first-order valence-electron chi connectivity index (χ1n) is 7.73. The minimum atomic E-state index is -4.70. The van der Waals surface area contributed by atoms with Crippen LogP contribution in [0, 0.1) is 11.6 Å². The van der Waals surface area contributed by atoms with Gasteiger partial charge in [0.1, 0.15) is 0 Å². The Bertz CT molecular complexity index is 1010. The molecule has 3 aromatic rings. The summed E-state index contributed by atoms with van der Waals surface area (Å²) in [6.45, 7) is 1.46. The van der Waals surface area contributed by atoms with E-state index in [9.17, 15) is 26.7 Å². The summed E-state index contributed by atoms with van der Waals surface area (Å²) in [6, 6.07) is 4.84. The Balaban J connectivity index is 1.77. The number of rotatable bonds is 4. The van der Waals surface area contributed by atoms with Crippen LogP contribution in [-0.2, 0) is 11.0 Å². The fraction of sp³-hybridized carbons (Fsp3) is 0.176. The van der Waals surface area contributed by atoms with Crippen LogP contribution >= 0.6 is 23.4 Å². The molecule has 148 valence electrons. The molecule has 0 fully saturated rings. The van der Waals surface area contributed by atoms with Gasteiger partial charge in [-0.25, -0.2) is 13.8 Å². The second-order valence-electron chi connectivity index (χ2n) is 5.76. The highest BCUT2D eigenvalue weighted by Crippen LogP contribution is 2.37. The van der Waals surface area contributed by atoms with Crippen molar-refractivity contribution in [2.45, 2.75) is 23.5 Å². The normalized spacial score (nSPS) is 13.0. The van der Waals surface area contributed by atoms with Gasteiger partial charge in [0.25, 0.3) is 0 Å². The number of imidazole rings is 1. The van der Waals surface area contributed by atoms with Gasteiger partial charge in [-0.3, -0.25) is 4.79 Å². The third-order valence-electron chi connectivity index (χ3n) is 3.70. The van der Waals surface area contributed by atoms with Crippen LogP contribution in [0.25, 0.3) is 11.0 Å². The van der Waals surface area contributed by atoms with Gasteiger partial charge >= 0.3 is 6.18 Å². The number of carbonyl (C=O) groups is 1. The lowest BCUT2D eigenvalue weighted by molar-refractivity contribution is -0.137. The van der Waals surface area contributed by atoms with Crippen LogP contribution in [-0.4, -0.2) is 21.1 Å². The third kappa shape index (κ3) is 4.39. The molecule has 28 heavy (non-hydrogen) atoms. The largest absolute Gasteiger partial charge is 0.418 e. The number of hydrogen-bond acceptors (Lipinski definition) is 3. The molecule has 0 saturated heterocycles. The van der Waals surface area contributed by atoms with E-state index in [1.54, 1.807) is 0 Å². The molecule has 0 bridgehead atoms. The lowest BCUT2D eigenvalue weighted by Gasteiger charge is -2.16. The van der Waals surface area contributed by atoms with Crippen LogP contribution in [0.15, 0.2) is 35.5 Å². The minimum absolute atomic E-state index is 0.116. The molecule has 0 aliphatic heterocycles. The molecule has 0 saturated carbocycles. The zero-order chi connectivity index (χ0) is 20.6. The maximum Gasteiger partial charge on any atom is 0.418 e. The molecular formula is C17H11ClF5N3OS. The Hall–Kier alpha value is -2.33. The van der Waals surface area contributed by atoms with Crippen molar-refractivity contribution in [2.75, 3.05) is 5.32 Å². The van der Waals surface area contributed by atoms with E-state index in [-0.39, 0.29) is 21.2 Å². The average molecular weight is 436 g/mol. The molecule has 1 heterocycles. The number of thioether (sulfide) groups is 1. The number of anilines is 1. The first kappa shape index (κ1) is 20.4. The van der Waals surface area contributed by atoms with E-state index >= 15 is 0 Å². The molecule has 1 amide bonds. The number of halogens is 6. The molecule has 11 heteroatoms. The Morgan fingerprint density at radius 3 is 2.57 bits per heavy atom. The zero-order valence-electron chi connectivity index (χ0n) is 14.0. The van der Waals surface area contributed by atoms with Crippen molar-refractivity contribution in [3.8, 4) is 0 Å². The average Bonchev–Trinajstić information content (AvgIpc) is 2.96. The molecule has 0 aliphatic carbocycles. The quantitative estimate of drug-likeness (QED) is 0.412. The van der Waals surface area contributed by atoms with Crippen LogP contribution in [0.3, 0.4) is 0 Å². The fourth-order valence-corrected chi connectivity index (χ4v) is 3.35. The van der Waals surface area contributed by atoms with Crippen LogP contribution in [0.4, 0.5) is 27.6 Å². The topological polar surface area (TPSA) is 57.8 Å². The van der Waals surface area contributed by atoms with E-state index in [1.165, 1.54) is 13.0 Å². The van der Waals surface area contributed by atoms with Gasteiger partial charge in [0.15, 0.2) is 16.8 Å². The van der Waals surface area contributed by atoms with Crippen molar-refractivity contribution in [1.29, 1.82) is 0 Å². The highest BCUT2D eigenvalue weighted by molar-refractivity contribution is 8.00. The number of fused-ring (bicyclic) bond motifs is 1. The summed E-state index contributed by atoms with van der Waals surface area (Å²) in [5.74, 6) is -2.83. The monoisotopic (exact) mass is 435 g/mol. The number of hydrogen-bond donors (Lipinski definition) is 2. The maximum atomic E-state index is 13.3. The number of nitrogens with zero attached hydrogens (tertiary/aromatic N) is 1. The standard InChI is InChI=1S/C17H11ClF5N3OS/c1-7(28-16-25-13-5-10(19)11(20)6-14(13)26-16)15(27)24-12-3-2-8(18)4-9(12)17(21,22)23/h2-7H,1H3,(H,24,27)(H,25,26). The molecule has 1 aromatic heterocycles. The van der Waals surface area contributed by atoms with Crippen LogP contribution in [0.1, 0.15) is 12.5 Å². The molecule has 3 rings (SSSR count). The van der Waals surface area contributed by atoms with Gasteiger partial charge in [-0.1, -0.05) is 23.4 Å². The number of aromatic nitrogens is 2. The van der Waals surface area contributed by atoms with Crippen molar-refractivity contribution in [1.82, 2.24) is 9.97 Å². The number of benzene rings is 2. The Kier molecular flexibility index (Phi) is 5.53. The van der Waals surface area contributed by atoms with E-state index in [0.717, 1.165) is 36.0 Å². The number of nitrogens with one attached hydrogen (secondary N) is 2. The molecule has 0 spiro atoms. The van der Waals surface area contributed by atoms with Crippen molar-refractivity contribution in [3.63, 3.8) is 0 Å². The number of alkyl halides is 3. The van der Waals surface area contributed by atoms with Crippen LogP contribution in [0.5, 0.6) is 0 Å². The van der Waals surface area contributed by atoms with Crippen molar-refractivity contribution >= 4 is 46.0 Å². The summed E-state index contributed by atoms with van der Waals surface area (Å²) in [4.78, 5) is 19.1. The molecule has 1 atom stereocenters. The molecule has 0 radical (unpaired) electrons. The Labute approximate surface area is 164 Å². The molecule has 1 unspecified atom stereocenters. The summed E-state index contributed by atoms with van der Waals surface area (Å²) in [5, 5.41) is 1.44. The third-order valence-corrected chi connectivity index (χ3v) is 4.92. The van der Waals surface area contributed by atoms with E-state index < -0.39 is 40.2 Å². The van der Waals surface area contributed by atoms with Gasteiger partial charge in [-0.15, -0.1) is 0 Å². The minimum Gasteiger partial charge on any atom is -0.333 e. The molecular weight excluding hydrogens is 425 g/mol. The number of aromatic amines is 1. The molecule has 0 aliphatic rings. The zero-order valence-corrected chi connectivity index (χ0v) is 15.6. The SMILES string of the molecule is CC(Sc1nc2cc(F)c(F)cc2[nH]1)C(=O)Nc1ccc(Cl)cc1C(F)(F)F. The lowest BCUT2D eigenvalue weighted by Crippen LogP contribution is -2.24. The second-order valence-corrected chi connectivity index (χ2v) is 7.53. The van der Waals surface area contributed by atoms with Gasteiger partial charge in [0, 0.05) is 17.2 Å². The first-order valence-corrected chi connectivity index (χ1v) is 8.99. The van der Waals surface area contributed by atoms with E-state index in [1.807, 2.05) is 0 Å². The summed E-state index contributed by atoms with van der Waals surface area (Å²) in [5.41, 5.74) is -1.11. The van der Waals surface area contributed by atoms with Gasteiger partial charge in [0.2, 0.25) is 5.91 Å². The summed E-state index contributed by atoms with van der Waals surface area (Å²) >= 11 is 6.50. The van der Waals surface area contributed by atoms with Gasteiger partial charge < -0.3 is 10.3 Å². The maximum absolute atomic E-state index is 13.3. The van der Waals surface area contributed by atoms with E-state index in [4.69, 9.17) is 11.6 Å². The van der Waals surface area contributed by atoms with Gasteiger partial charge in [0.05, 0.1) is 27.5 Å². The Morgan fingerprint density at radius 2 is 1.89 bits per heavy atom. The predicted octanol–water partition coefficient (Wildman–Crippen LogP) is 5.63. The highest BCUT2D eigenvalue weighted by Gasteiger charge is 2.34. The summed E-state index contributed by atoms with van der Waals surface area (Å²) < 4.78 is 65.9. The fourth-order valence-electron chi connectivity index (χ4n) is 2.35. The Morgan fingerprint density at radius 1 is 1.21 bits per heavy atom. The van der Waals surface area contributed by atoms with Gasteiger partial charge in [-0.05, 0) is 25.1 Å².